The molecule has 2 N–H and O–H groups in total. The lowest BCUT2D eigenvalue weighted by Crippen LogP contribution is -2.44. The van der Waals surface area contributed by atoms with Crippen molar-refractivity contribution >= 4 is 23.2 Å². The normalized spacial score (nSPS) is 20.2. The summed E-state index contributed by atoms with van der Waals surface area (Å²) in [6.07, 6.45) is 5.84. The van der Waals surface area contributed by atoms with E-state index in [9.17, 15) is 9.59 Å². The van der Waals surface area contributed by atoms with Crippen LogP contribution in [0, 0.1) is 6.92 Å². The van der Waals surface area contributed by atoms with E-state index in [-0.39, 0.29) is 23.8 Å². The fraction of sp³-hybridized carbons (Fsp3) is 0.276. The van der Waals surface area contributed by atoms with Crippen LogP contribution in [-0.4, -0.2) is 40.9 Å². The van der Waals surface area contributed by atoms with Crippen molar-refractivity contribution in [1.82, 2.24) is 15.2 Å². The smallest absolute Gasteiger partial charge is 0.251 e. The van der Waals surface area contributed by atoms with E-state index in [0.29, 0.717) is 12.1 Å². The molecule has 2 atom stereocenters. The summed E-state index contributed by atoms with van der Waals surface area (Å²) in [7, 11) is 1.64. The van der Waals surface area contributed by atoms with Crippen LogP contribution in [0.5, 0.6) is 5.75 Å². The number of methoxy groups -OCH3 is 1. The molecule has 182 valence electrons. The highest BCUT2D eigenvalue weighted by Gasteiger charge is 2.45. The molecule has 2 amide bonds. The first-order valence-corrected chi connectivity index (χ1v) is 12.3. The second-order valence-electron chi connectivity index (χ2n) is 9.78. The van der Waals surface area contributed by atoms with Crippen molar-refractivity contribution in [2.45, 2.75) is 44.3 Å². The van der Waals surface area contributed by atoms with Gasteiger partial charge in [0.15, 0.2) is 0 Å². The maximum absolute atomic E-state index is 13.7. The van der Waals surface area contributed by atoms with E-state index in [2.05, 4.69) is 21.7 Å². The van der Waals surface area contributed by atoms with Gasteiger partial charge < -0.3 is 20.3 Å². The van der Waals surface area contributed by atoms with Gasteiger partial charge in [-0.1, -0.05) is 30.3 Å². The molecular formula is C29H28N4O3. The zero-order valence-corrected chi connectivity index (χ0v) is 20.3. The highest BCUT2D eigenvalue weighted by Crippen LogP contribution is 2.47. The van der Waals surface area contributed by atoms with Crippen molar-refractivity contribution in [2.24, 2.45) is 0 Å². The van der Waals surface area contributed by atoms with Crippen molar-refractivity contribution in [2.75, 3.05) is 12.4 Å². The molecule has 1 saturated carbocycles. The number of nitrogens with zero attached hydrogens (tertiary/aromatic N) is 2. The molecule has 3 aromatic rings. The van der Waals surface area contributed by atoms with E-state index < -0.39 is 6.04 Å². The molecule has 3 heterocycles. The van der Waals surface area contributed by atoms with E-state index in [0.717, 1.165) is 52.2 Å². The molecule has 7 heteroatoms. The molecule has 1 aromatic heterocycles. The summed E-state index contributed by atoms with van der Waals surface area (Å²) in [6, 6.07) is 17.4. The van der Waals surface area contributed by atoms with Crippen LogP contribution in [0.15, 0.2) is 67.0 Å². The standard InChI is InChI=1S/C29H28N4O3/c1-17-12-23-25-24(19-4-3-5-20(13-19)28(34)31-21-8-9-21)16-33(15-18-6-10-22(36-2)11-7-18)29(35)26(25)32-27(23)30-14-17/h3-7,10-14,16,21,25-26H,8-9,15H2,1-2H3,(H,30,32)(H,31,34). The van der Waals surface area contributed by atoms with Gasteiger partial charge in [0.25, 0.3) is 5.91 Å². The summed E-state index contributed by atoms with van der Waals surface area (Å²) in [5, 5.41) is 6.45. The molecule has 6 rings (SSSR count). The number of ether oxygens (including phenoxy) is 1. The summed E-state index contributed by atoms with van der Waals surface area (Å²) in [4.78, 5) is 32.8. The maximum Gasteiger partial charge on any atom is 0.251 e. The molecule has 3 aliphatic rings. The highest BCUT2D eigenvalue weighted by atomic mass is 16.5. The number of hydrogen-bond donors (Lipinski definition) is 2. The Kier molecular flexibility index (Phi) is 5.48. The second-order valence-corrected chi connectivity index (χ2v) is 9.78. The minimum absolute atomic E-state index is 0.00199. The molecular weight excluding hydrogens is 452 g/mol. The van der Waals surface area contributed by atoms with Crippen molar-refractivity contribution in [3.8, 4) is 5.75 Å². The molecule has 36 heavy (non-hydrogen) atoms. The number of carbonyl (C=O) groups is 2. The third kappa shape index (κ3) is 4.11. The molecule has 2 aliphatic heterocycles. The van der Waals surface area contributed by atoms with E-state index >= 15 is 0 Å². The maximum atomic E-state index is 13.7. The lowest BCUT2D eigenvalue weighted by Gasteiger charge is -2.34. The first kappa shape index (κ1) is 22.3. The topological polar surface area (TPSA) is 83.6 Å². The fourth-order valence-corrected chi connectivity index (χ4v) is 5.04. The Balaban J connectivity index is 1.40. The van der Waals surface area contributed by atoms with Crippen molar-refractivity contribution < 1.29 is 14.3 Å². The molecule has 1 fully saturated rings. The average molecular weight is 481 g/mol. The number of benzene rings is 2. The Bertz CT molecular complexity index is 1380. The molecule has 1 aliphatic carbocycles. The minimum atomic E-state index is -0.462. The molecule has 2 aromatic carbocycles. The molecule has 0 radical (unpaired) electrons. The number of carbonyl (C=O) groups excluding carboxylic acids is 2. The Labute approximate surface area is 210 Å². The molecule has 0 saturated heterocycles. The first-order valence-electron chi connectivity index (χ1n) is 12.3. The first-order chi connectivity index (χ1) is 17.5. The zero-order chi connectivity index (χ0) is 24.8. The Morgan fingerprint density at radius 1 is 1.17 bits per heavy atom. The monoisotopic (exact) mass is 480 g/mol. The van der Waals surface area contributed by atoms with Crippen LogP contribution in [-0.2, 0) is 11.3 Å². The fourth-order valence-electron chi connectivity index (χ4n) is 5.04. The lowest BCUT2D eigenvalue weighted by atomic mass is 9.81. The van der Waals surface area contributed by atoms with Gasteiger partial charge in [0, 0.05) is 35.5 Å². The van der Waals surface area contributed by atoms with Crippen LogP contribution in [0.4, 0.5) is 5.82 Å². The number of anilines is 1. The Morgan fingerprint density at radius 2 is 1.97 bits per heavy atom. The van der Waals surface area contributed by atoms with Crippen LogP contribution >= 0.6 is 0 Å². The lowest BCUT2D eigenvalue weighted by molar-refractivity contribution is -0.130. The third-order valence-corrected chi connectivity index (χ3v) is 7.08. The van der Waals surface area contributed by atoms with Crippen molar-refractivity contribution in [3.05, 3.63) is 94.8 Å². The number of fused-ring (bicyclic) bond motifs is 3. The van der Waals surface area contributed by atoms with Crippen LogP contribution in [0.3, 0.4) is 0 Å². The van der Waals surface area contributed by atoms with E-state index in [1.54, 1.807) is 12.0 Å². The van der Waals surface area contributed by atoms with Crippen LogP contribution in [0.2, 0.25) is 0 Å². The largest absolute Gasteiger partial charge is 0.497 e. The van der Waals surface area contributed by atoms with Gasteiger partial charge >= 0.3 is 0 Å². The van der Waals surface area contributed by atoms with Crippen LogP contribution < -0.4 is 15.4 Å². The summed E-state index contributed by atoms with van der Waals surface area (Å²) in [6.45, 7) is 2.44. The number of pyridine rings is 1. The van der Waals surface area contributed by atoms with E-state index in [1.807, 2.05) is 67.9 Å². The third-order valence-electron chi connectivity index (χ3n) is 7.08. The van der Waals surface area contributed by atoms with E-state index in [1.165, 1.54) is 0 Å². The Morgan fingerprint density at radius 3 is 2.72 bits per heavy atom. The zero-order valence-electron chi connectivity index (χ0n) is 20.3. The predicted molar refractivity (Wildman–Crippen MR) is 138 cm³/mol. The van der Waals surface area contributed by atoms with Gasteiger partial charge in [-0.15, -0.1) is 0 Å². The van der Waals surface area contributed by atoms with Gasteiger partial charge in [-0.25, -0.2) is 4.98 Å². The summed E-state index contributed by atoms with van der Waals surface area (Å²) in [5.41, 5.74) is 5.60. The van der Waals surface area contributed by atoms with Gasteiger partial charge in [0.2, 0.25) is 5.91 Å². The number of rotatable bonds is 6. The van der Waals surface area contributed by atoms with Gasteiger partial charge in [-0.05, 0) is 66.3 Å². The minimum Gasteiger partial charge on any atom is -0.497 e. The quantitative estimate of drug-likeness (QED) is 0.551. The predicted octanol–water partition coefficient (Wildman–Crippen LogP) is 4.25. The van der Waals surface area contributed by atoms with Crippen molar-refractivity contribution in [1.29, 1.82) is 0 Å². The SMILES string of the molecule is COc1ccc(CN2C=C(c3cccc(C(=O)NC4CC4)c3)C3c4cc(C)cnc4NC3C2=O)cc1. The average Bonchev–Trinajstić information content (AvgIpc) is 3.63. The molecule has 0 spiro atoms. The molecule has 2 unspecified atom stereocenters. The number of aromatic nitrogens is 1. The number of aryl methyl sites for hydroxylation is 1. The van der Waals surface area contributed by atoms with E-state index in [4.69, 9.17) is 4.74 Å². The molecule has 0 bridgehead atoms. The van der Waals surface area contributed by atoms with Gasteiger partial charge in [-0.3, -0.25) is 9.59 Å². The number of hydrogen-bond acceptors (Lipinski definition) is 5. The highest BCUT2D eigenvalue weighted by molar-refractivity contribution is 5.99. The summed E-state index contributed by atoms with van der Waals surface area (Å²) in [5.74, 6) is 1.27. The van der Waals surface area contributed by atoms with Gasteiger partial charge in [0.05, 0.1) is 13.7 Å². The Hall–Kier alpha value is -4.13. The number of nitrogens with one attached hydrogen (secondary N) is 2. The number of amides is 2. The molecule has 7 nitrogen and oxygen atoms in total. The van der Waals surface area contributed by atoms with Gasteiger partial charge in [-0.2, -0.15) is 0 Å². The van der Waals surface area contributed by atoms with Crippen LogP contribution in [0.25, 0.3) is 5.57 Å². The summed E-state index contributed by atoms with van der Waals surface area (Å²) >= 11 is 0. The van der Waals surface area contributed by atoms with Crippen molar-refractivity contribution in [3.63, 3.8) is 0 Å². The summed E-state index contributed by atoms with van der Waals surface area (Å²) < 4.78 is 5.27. The van der Waals surface area contributed by atoms with Crippen LogP contribution in [0.1, 0.15) is 51.4 Å². The second kappa shape index (κ2) is 8.82. The van der Waals surface area contributed by atoms with Gasteiger partial charge in [0.1, 0.15) is 17.6 Å².